The van der Waals surface area contributed by atoms with Crippen LogP contribution in [0.5, 0.6) is 0 Å². The molecule has 0 aliphatic heterocycles. The lowest BCUT2D eigenvalue weighted by atomic mass is 9.83. The minimum atomic E-state index is -0.598. The number of aryl methyl sites for hydroxylation is 1. The van der Waals surface area contributed by atoms with E-state index in [4.69, 9.17) is 5.73 Å². The number of hydrogen-bond acceptors (Lipinski definition) is 1. The van der Waals surface area contributed by atoms with Gasteiger partial charge in [-0.05, 0) is 42.7 Å². The van der Waals surface area contributed by atoms with Crippen LogP contribution in [0.15, 0.2) is 48.5 Å². The largest absolute Gasteiger partial charge is 0.318 e. The first-order valence-electron chi connectivity index (χ1n) is 5.63. The summed E-state index contributed by atoms with van der Waals surface area (Å²) in [7, 11) is 0. The van der Waals surface area contributed by atoms with Crippen LogP contribution in [0.1, 0.15) is 23.6 Å². The van der Waals surface area contributed by atoms with Crippen molar-refractivity contribution in [1.82, 2.24) is 0 Å². The molecule has 0 saturated carbocycles. The molecule has 2 aromatic rings. The van der Waals surface area contributed by atoms with E-state index < -0.39 is 5.54 Å². The number of rotatable bonds is 2. The molecule has 0 fully saturated rings. The lowest BCUT2D eigenvalue weighted by molar-refractivity contribution is 0.588. The van der Waals surface area contributed by atoms with Crippen LogP contribution in [-0.4, -0.2) is 0 Å². The van der Waals surface area contributed by atoms with Crippen molar-refractivity contribution < 1.29 is 4.39 Å². The van der Waals surface area contributed by atoms with Gasteiger partial charge < -0.3 is 5.73 Å². The van der Waals surface area contributed by atoms with E-state index >= 15 is 0 Å². The Balaban J connectivity index is 2.52. The van der Waals surface area contributed by atoms with E-state index in [0.29, 0.717) is 0 Å². The Labute approximate surface area is 101 Å². The summed E-state index contributed by atoms with van der Waals surface area (Å²) in [6.45, 7) is 3.83. The highest BCUT2D eigenvalue weighted by Gasteiger charge is 2.25. The normalized spacial score (nSPS) is 14.4. The van der Waals surface area contributed by atoms with Crippen molar-refractivity contribution in [2.45, 2.75) is 19.4 Å². The third kappa shape index (κ3) is 2.22. The fourth-order valence-electron chi connectivity index (χ4n) is 2.15. The maximum Gasteiger partial charge on any atom is 0.123 e. The standard InChI is InChI=1S/C15H16FN/c1-11-10-13(16)8-9-14(11)15(2,17)12-6-4-3-5-7-12/h3-10H,17H2,1-2H3. The summed E-state index contributed by atoms with van der Waals surface area (Å²) in [6, 6.07) is 14.6. The summed E-state index contributed by atoms with van der Waals surface area (Å²) in [5.41, 5.74) is 8.64. The Hall–Kier alpha value is -1.67. The summed E-state index contributed by atoms with van der Waals surface area (Å²) in [5, 5.41) is 0. The molecule has 0 amide bonds. The number of hydrogen-bond donors (Lipinski definition) is 1. The van der Waals surface area contributed by atoms with Crippen LogP contribution >= 0.6 is 0 Å². The molecule has 1 unspecified atom stereocenters. The van der Waals surface area contributed by atoms with Crippen LogP contribution < -0.4 is 5.73 Å². The SMILES string of the molecule is Cc1cc(F)ccc1C(C)(N)c1ccccc1. The average Bonchev–Trinajstić information content (AvgIpc) is 2.29. The molecule has 2 aromatic carbocycles. The van der Waals surface area contributed by atoms with Gasteiger partial charge in [0.25, 0.3) is 0 Å². The van der Waals surface area contributed by atoms with Gasteiger partial charge in [0, 0.05) is 0 Å². The molecule has 0 aliphatic rings. The summed E-state index contributed by atoms with van der Waals surface area (Å²) in [4.78, 5) is 0. The summed E-state index contributed by atoms with van der Waals surface area (Å²) in [5.74, 6) is -0.227. The first-order valence-corrected chi connectivity index (χ1v) is 5.63. The molecule has 2 heteroatoms. The monoisotopic (exact) mass is 229 g/mol. The van der Waals surface area contributed by atoms with Crippen LogP contribution in [0.4, 0.5) is 4.39 Å². The summed E-state index contributed by atoms with van der Waals surface area (Å²) in [6.07, 6.45) is 0. The van der Waals surface area contributed by atoms with Gasteiger partial charge in [-0.25, -0.2) is 4.39 Å². The van der Waals surface area contributed by atoms with E-state index in [2.05, 4.69) is 0 Å². The molecule has 0 heterocycles. The fourth-order valence-corrected chi connectivity index (χ4v) is 2.15. The zero-order chi connectivity index (χ0) is 12.5. The topological polar surface area (TPSA) is 26.0 Å². The maximum atomic E-state index is 13.1. The molecule has 88 valence electrons. The van der Waals surface area contributed by atoms with E-state index in [-0.39, 0.29) is 5.82 Å². The zero-order valence-electron chi connectivity index (χ0n) is 10.1. The maximum absolute atomic E-state index is 13.1. The first kappa shape index (κ1) is 11.8. The van der Waals surface area contributed by atoms with Crippen molar-refractivity contribution >= 4 is 0 Å². The van der Waals surface area contributed by atoms with Gasteiger partial charge >= 0.3 is 0 Å². The lowest BCUT2D eigenvalue weighted by Crippen LogP contribution is -2.35. The molecule has 0 saturated heterocycles. The Morgan fingerprint density at radius 2 is 1.71 bits per heavy atom. The van der Waals surface area contributed by atoms with Gasteiger partial charge in [0.05, 0.1) is 5.54 Å². The number of nitrogens with two attached hydrogens (primary N) is 1. The number of halogens is 1. The Bertz CT molecular complexity index is 518. The van der Waals surface area contributed by atoms with Gasteiger partial charge in [-0.1, -0.05) is 36.4 Å². The predicted octanol–water partition coefficient (Wildman–Crippen LogP) is 3.36. The minimum absolute atomic E-state index is 0.227. The number of benzene rings is 2. The van der Waals surface area contributed by atoms with Crippen molar-refractivity contribution in [1.29, 1.82) is 0 Å². The molecule has 1 atom stereocenters. The zero-order valence-corrected chi connectivity index (χ0v) is 10.1. The third-order valence-corrected chi connectivity index (χ3v) is 3.12. The first-order chi connectivity index (χ1) is 8.01. The van der Waals surface area contributed by atoms with E-state index in [9.17, 15) is 4.39 Å². The van der Waals surface area contributed by atoms with Crippen LogP contribution in [0.25, 0.3) is 0 Å². The van der Waals surface area contributed by atoms with Crippen LogP contribution in [-0.2, 0) is 5.54 Å². The van der Waals surface area contributed by atoms with Crippen molar-refractivity contribution in [2.24, 2.45) is 5.73 Å². The molecular formula is C15H16FN. The van der Waals surface area contributed by atoms with Crippen molar-refractivity contribution in [2.75, 3.05) is 0 Å². The van der Waals surface area contributed by atoms with E-state index in [1.165, 1.54) is 12.1 Å². The third-order valence-electron chi connectivity index (χ3n) is 3.12. The second kappa shape index (κ2) is 4.30. The van der Waals surface area contributed by atoms with Crippen molar-refractivity contribution in [3.8, 4) is 0 Å². The van der Waals surface area contributed by atoms with Gasteiger partial charge in [0.1, 0.15) is 5.82 Å². The molecular weight excluding hydrogens is 213 g/mol. The Morgan fingerprint density at radius 3 is 2.29 bits per heavy atom. The summed E-state index contributed by atoms with van der Waals surface area (Å²) >= 11 is 0. The second-order valence-electron chi connectivity index (χ2n) is 4.53. The average molecular weight is 229 g/mol. The highest BCUT2D eigenvalue weighted by Crippen LogP contribution is 2.28. The smallest absolute Gasteiger partial charge is 0.123 e. The Morgan fingerprint density at radius 1 is 1.06 bits per heavy atom. The molecule has 1 nitrogen and oxygen atoms in total. The fraction of sp³-hybridized carbons (Fsp3) is 0.200. The lowest BCUT2D eigenvalue weighted by Gasteiger charge is -2.27. The van der Waals surface area contributed by atoms with Crippen LogP contribution in [0.2, 0.25) is 0 Å². The van der Waals surface area contributed by atoms with Gasteiger partial charge in [-0.2, -0.15) is 0 Å². The van der Waals surface area contributed by atoms with Gasteiger partial charge in [0.15, 0.2) is 0 Å². The van der Waals surface area contributed by atoms with Crippen LogP contribution in [0, 0.1) is 12.7 Å². The van der Waals surface area contributed by atoms with Crippen molar-refractivity contribution in [3.05, 3.63) is 71.0 Å². The molecule has 0 radical (unpaired) electrons. The highest BCUT2D eigenvalue weighted by atomic mass is 19.1. The minimum Gasteiger partial charge on any atom is -0.318 e. The molecule has 2 rings (SSSR count). The molecule has 0 aliphatic carbocycles. The molecule has 0 bridgehead atoms. The Kier molecular flexibility index (Phi) is 2.99. The van der Waals surface area contributed by atoms with Crippen molar-refractivity contribution in [3.63, 3.8) is 0 Å². The quantitative estimate of drug-likeness (QED) is 0.839. The molecule has 2 N–H and O–H groups in total. The summed E-state index contributed by atoms with van der Waals surface area (Å²) < 4.78 is 13.1. The van der Waals surface area contributed by atoms with Crippen LogP contribution in [0.3, 0.4) is 0 Å². The predicted molar refractivity (Wildman–Crippen MR) is 68.2 cm³/mol. The molecule has 0 aromatic heterocycles. The molecule has 17 heavy (non-hydrogen) atoms. The molecule has 0 spiro atoms. The van der Waals surface area contributed by atoms with E-state index in [1.54, 1.807) is 6.07 Å². The second-order valence-corrected chi connectivity index (χ2v) is 4.53. The van der Waals surface area contributed by atoms with E-state index in [1.807, 2.05) is 44.2 Å². The highest BCUT2D eigenvalue weighted by molar-refractivity contribution is 5.41. The van der Waals surface area contributed by atoms with Gasteiger partial charge in [0.2, 0.25) is 0 Å². The van der Waals surface area contributed by atoms with E-state index in [0.717, 1.165) is 16.7 Å². The van der Waals surface area contributed by atoms with Gasteiger partial charge in [-0.3, -0.25) is 0 Å². The van der Waals surface area contributed by atoms with Gasteiger partial charge in [-0.15, -0.1) is 0 Å².